The van der Waals surface area contributed by atoms with Crippen molar-refractivity contribution in [3.05, 3.63) is 35.4 Å². The van der Waals surface area contributed by atoms with Crippen molar-refractivity contribution in [1.29, 1.82) is 0 Å². The maximum absolute atomic E-state index is 12.8. The van der Waals surface area contributed by atoms with Crippen LogP contribution in [0.5, 0.6) is 0 Å². The van der Waals surface area contributed by atoms with E-state index in [0.717, 1.165) is 24.2 Å². The number of hydrogen-bond donors (Lipinski definition) is 1. The van der Waals surface area contributed by atoms with Gasteiger partial charge in [-0.05, 0) is 43.9 Å². The predicted molar refractivity (Wildman–Crippen MR) is 91.1 cm³/mol. The Labute approximate surface area is 139 Å². The van der Waals surface area contributed by atoms with Gasteiger partial charge in [-0.3, -0.25) is 4.79 Å². The van der Waals surface area contributed by atoms with Crippen molar-refractivity contribution in [3.8, 4) is 0 Å². The van der Waals surface area contributed by atoms with Crippen LogP contribution >= 0.6 is 0 Å². The van der Waals surface area contributed by atoms with Gasteiger partial charge in [0, 0.05) is 37.2 Å². The molecule has 1 aromatic carbocycles. The zero-order valence-corrected chi connectivity index (χ0v) is 14.3. The first-order chi connectivity index (χ1) is 11.1. The van der Waals surface area contributed by atoms with Crippen LogP contribution in [0.25, 0.3) is 0 Å². The summed E-state index contributed by atoms with van der Waals surface area (Å²) in [5, 5.41) is 0. The van der Waals surface area contributed by atoms with E-state index < -0.39 is 0 Å². The van der Waals surface area contributed by atoms with Crippen LogP contribution in [-0.2, 0) is 11.3 Å². The summed E-state index contributed by atoms with van der Waals surface area (Å²) < 4.78 is 5.96. The van der Waals surface area contributed by atoms with E-state index in [2.05, 4.69) is 6.92 Å². The lowest BCUT2D eigenvalue weighted by atomic mass is 9.60. The Morgan fingerprint density at radius 1 is 1.30 bits per heavy atom. The number of nitrogens with two attached hydrogens (primary N) is 1. The highest BCUT2D eigenvalue weighted by Gasteiger charge is 2.58. The zero-order valence-electron chi connectivity index (χ0n) is 14.3. The first-order valence-electron chi connectivity index (χ1n) is 8.80. The molecule has 4 heteroatoms. The minimum Gasteiger partial charge on any atom is -0.378 e. The van der Waals surface area contributed by atoms with Crippen molar-refractivity contribution in [1.82, 2.24) is 4.90 Å². The summed E-state index contributed by atoms with van der Waals surface area (Å²) in [7, 11) is 1.95. The Morgan fingerprint density at radius 3 is 2.52 bits per heavy atom. The van der Waals surface area contributed by atoms with E-state index in [1.165, 1.54) is 25.7 Å². The number of benzene rings is 1. The molecule has 0 bridgehead atoms. The molecule has 0 saturated heterocycles. The molecule has 0 radical (unpaired) electrons. The summed E-state index contributed by atoms with van der Waals surface area (Å²) in [5.74, 6) is 0.111. The minimum absolute atomic E-state index is 0.111. The second kappa shape index (κ2) is 6.62. The van der Waals surface area contributed by atoms with E-state index in [1.807, 2.05) is 36.2 Å². The van der Waals surface area contributed by atoms with Crippen LogP contribution in [0.4, 0.5) is 0 Å². The molecule has 2 fully saturated rings. The van der Waals surface area contributed by atoms with E-state index in [-0.39, 0.29) is 11.3 Å². The third-order valence-corrected chi connectivity index (χ3v) is 5.87. The van der Waals surface area contributed by atoms with Crippen LogP contribution in [0, 0.1) is 5.41 Å². The minimum atomic E-state index is 0.111. The van der Waals surface area contributed by atoms with Crippen molar-refractivity contribution in [2.75, 3.05) is 13.7 Å². The highest BCUT2D eigenvalue weighted by Crippen LogP contribution is 2.56. The number of nitrogens with zero attached hydrogens (tertiary/aromatic N) is 1. The summed E-state index contributed by atoms with van der Waals surface area (Å²) in [6.07, 6.45) is 6.19. The van der Waals surface area contributed by atoms with E-state index in [0.29, 0.717) is 18.7 Å². The summed E-state index contributed by atoms with van der Waals surface area (Å²) in [6.45, 7) is 3.33. The highest BCUT2D eigenvalue weighted by atomic mass is 16.5. The van der Waals surface area contributed by atoms with E-state index >= 15 is 0 Å². The second-order valence-electron chi connectivity index (χ2n) is 6.95. The number of carbonyl (C=O) groups is 1. The average Bonchev–Trinajstić information content (AvgIpc) is 3.10. The van der Waals surface area contributed by atoms with Gasteiger partial charge in [0.1, 0.15) is 0 Å². The predicted octanol–water partition coefficient (Wildman–Crippen LogP) is 2.96. The van der Waals surface area contributed by atoms with Gasteiger partial charge < -0.3 is 15.4 Å². The van der Waals surface area contributed by atoms with Crippen LogP contribution < -0.4 is 5.73 Å². The fourth-order valence-corrected chi connectivity index (χ4v) is 4.52. The third-order valence-electron chi connectivity index (χ3n) is 5.87. The molecule has 0 heterocycles. The van der Waals surface area contributed by atoms with Crippen molar-refractivity contribution in [3.63, 3.8) is 0 Å². The average molecular weight is 316 g/mol. The third kappa shape index (κ3) is 2.79. The second-order valence-corrected chi connectivity index (χ2v) is 6.95. The summed E-state index contributed by atoms with van der Waals surface area (Å²) in [6, 6.07) is 7.97. The maximum Gasteiger partial charge on any atom is 0.253 e. The van der Waals surface area contributed by atoms with Crippen LogP contribution in [0.1, 0.15) is 54.9 Å². The zero-order chi connectivity index (χ0) is 16.4. The van der Waals surface area contributed by atoms with Gasteiger partial charge in [0.05, 0.1) is 6.10 Å². The van der Waals surface area contributed by atoms with Crippen LogP contribution in [0.15, 0.2) is 24.3 Å². The Kier molecular flexibility index (Phi) is 4.74. The molecule has 1 spiro atoms. The maximum atomic E-state index is 12.8. The van der Waals surface area contributed by atoms with Gasteiger partial charge in [0.25, 0.3) is 5.91 Å². The van der Waals surface area contributed by atoms with Crippen molar-refractivity contribution >= 4 is 5.91 Å². The van der Waals surface area contributed by atoms with Crippen molar-refractivity contribution in [2.45, 2.75) is 57.7 Å². The quantitative estimate of drug-likeness (QED) is 0.908. The Balaban J connectivity index is 1.74. The molecule has 4 nitrogen and oxygen atoms in total. The lowest BCUT2D eigenvalue weighted by Crippen LogP contribution is -2.64. The molecular weight excluding hydrogens is 288 g/mol. The molecule has 2 aliphatic rings. The van der Waals surface area contributed by atoms with E-state index in [4.69, 9.17) is 10.5 Å². The lowest BCUT2D eigenvalue weighted by molar-refractivity contribution is -0.152. The Hall–Kier alpha value is -1.39. The molecule has 2 aliphatic carbocycles. The summed E-state index contributed by atoms with van der Waals surface area (Å²) in [4.78, 5) is 14.8. The van der Waals surface area contributed by atoms with Gasteiger partial charge in [0.15, 0.2) is 0 Å². The summed E-state index contributed by atoms with van der Waals surface area (Å²) in [5.41, 5.74) is 7.62. The molecule has 1 aromatic rings. The Morgan fingerprint density at radius 2 is 1.96 bits per heavy atom. The topological polar surface area (TPSA) is 55.6 Å². The van der Waals surface area contributed by atoms with E-state index in [1.54, 1.807) is 0 Å². The number of ether oxygens (including phenoxy) is 1. The van der Waals surface area contributed by atoms with Gasteiger partial charge in [0.2, 0.25) is 0 Å². The molecule has 0 aromatic heterocycles. The number of amides is 1. The first kappa shape index (κ1) is 16.5. The molecule has 2 saturated carbocycles. The molecule has 2 atom stereocenters. The fraction of sp³-hybridized carbons (Fsp3) is 0.632. The molecule has 0 aliphatic heterocycles. The highest BCUT2D eigenvalue weighted by molar-refractivity contribution is 5.94. The largest absolute Gasteiger partial charge is 0.378 e. The van der Waals surface area contributed by atoms with Crippen molar-refractivity contribution in [2.24, 2.45) is 11.1 Å². The number of carbonyl (C=O) groups excluding carboxylic acids is 1. The molecule has 0 unspecified atom stereocenters. The van der Waals surface area contributed by atoms with Gasteiger partial charge in [-0.15, -0.1) is 0 Å². The van der Waals surface area contributed by atoms with Gasteiger partial charge in [-0.2, -0.15) is 0 Å². The molecule has 23 heavy (non-hydrogen) atoms. The smallest absolute Gasteiger partial charge is 0.253 e. The first-order valence-corrected chi connectivity index (χ1v) is 8.80. The van der Waals surface area contributed by atoms with Crippen LogP contribution in [0.3, 0.4) is 0 Å². The van der Waals surface area contributed by atoms with Gasteiger partial charge >= 0.3 is 0 Å². The number of rotatable bonds is 5. The normalized spacial score (nSPS) is 25.3. The van der Waals surface area contributed by atoms with Crippen LogP contribution in [0.2, 0.25) is 0 Å². The van der Waals surface area contributed by atoms with Crippen LogP contribution in [-0.4, -0.2) is 36.6 Å². The fourth-order valence-electron chi connectivity index (χ4n) is 4.52. The van der Waals surface area contributed by atoms with E-state index in [9.17, 15) is 4.79 Å². The molecule has 126 valence electrons. The van der Waals surface area contributed by atoms with Gasteiger partial charge in [-0.1, -0.05) is 25.0 Å². The standard InChI is InChI=1S/C19H28N2O2/c1-3-23-17-12-16(19(17)10-4-5-11-19)21(2)18(22)15-8-6-14(13-20)7-9-15/h6-9,16-17H,3-5,10-13,20H2,1-2H3/t16-,17+/m0/s1. The number of hydrogen-bond acceptors (Lipinski definition) is 3. The van der Waals surface area contributed by atoms with Gasteiger partial charge in [-0.25, -0.2) is 0 Å². The monoisotopic (exact) mass is 316 g/mol. The molecular formula is C19H28N2O2. The molecule has 1 amide bonds. The lowest BCUT2D eigenvalue weighted by Gasteiger charge is -2.57. The molecule has 3 rings (SSSR count). The summed E-state index contributed by atoms with van der Waals surface area (Å²) >= 11 is 0. The molecule has 2 N–H and O–H groups in total. The Bertz CT molecular complexity index is 549. The van der Waals surface area contributed by atoms with Crippen molar-refractivity contribution < 1.29 is 9.53 Å². The SMILES string of the molecule is CCO[C@@H]1C[C@H](N(C)C(=O)c2ccc(CN)cc2)C12CCCC2.